The van der Waals surface area contributed by atoms with Gasteiger partial charge in [-0.3, -0.25) is 4.79 Å². The number of fused-ring (bicyclic) bond motifs is 1. The molecule has 25 heavy (non-hydrogen) atoms. The molecule has 2 aromatic carbocycles. The Labute approximate surface area is 153 Å². The van der Waals surface area contributed by atoms with Crippen LogP contribution >= 0.6 is 12.4 Å². The Bertz CT molecular complexity index is 787. The lowest BCUT2D eigenvalue weighted by atomic mass is 9.84. The third-order valence-electron chi connectivity index (χ3n) is 5.03. The number of rotatable bonds is 3. The second-order valence-corrected chi connectivity index (χ2v) is 6.77. The summed E-state index contributed by atoms with van der Waals surface area (Å²) in [5.41, 5.74) is 5.50. The van der Waals surface area contributed by atoms with Gasteiger partial charge in [-0.1, -0.05) is 18.2 Å². The van der Waals surface area contributed by atoms with E-state index in [4.69, 9.17) is 0 Å². The van der Waals surface area contributed by atoms with Crippen LogP contribution in [0.2, 0.25) is 0 Å². The molecule has 0 bridgehead atoms. The number of benzene rings is 2. The number of carbonyl (C=O) groups excluding carboxylic acids is 1. The molecule has 1 fully saturated rings. The number of halogens is 2. The largest absolute Gasteiger partial charge is 0.326 e. The summed E-state index contributed by atoms with van der Waals surface area (Å²) < 4.78 is 13.4. The summed E-state index contributed by atoms with van der Waals surface area (Å²) in [4.78, 5) is 11.9. The normalized spacial score (nSPS) is 16.9. The predicted molar refractivity (Wildman–Crippen MR) is 100 cm³/mol. The molecule has 132 valence electrons. The Morgan fingerprint density at radius 1 is 1.08 bits per heavy atom. The van der Waals surface area contributed by atoms with Crippen LogP contribution in [0.5, 0.6) is 0 Å². The van der Waals surface area contributed by atoms with E-state index in [1.165, 1.54) is 11.6 Å². The van der Waals surface area contributed by atoms with Crippen molar-refractivity contribution in [2.24, 2.45) is 0 Å². The van der Waals surface area contributed by atoms with Crippen LogP contribution in [0.4, 0.5) is 10.1 Å². The predicted octanol–water partition coefficient (Wildman–Crippen LogP) is 3.80. The molecule has 0 radical (unpaired) electrons. The highest BCUT2D eigenvalue weighted by atomic mass is 35.5. The zero-order valence-corrected chi connectivity index (χ0v) is 14.8. The van der Waals surface area contributed by atoms with Crippen molar-refractivity contribution in [1.82, 2.24) is 5.32 Å². The topological polar surface area (TPSA) is 41.1 Å². The highest BCUT2D eigenvalue weighted by Crippen LogP contribution is 2.36. The lowest BCUT2D eigenvalue weighted by molar-refractivity contribution is -0.115. The molecular formula is C20H22ClFN2O. The Morgan fingerprint density at radius 2 is 1.88 bits per heavy atom. The van der Waals surface area contributed by atoms with Crippen molar-refractivity contribution in [2.45, 2.75) is 31.6 Å². The minimum absolute atomic E-state index is 0. The maximum absolute atomic E-state index is 13.4. The lowest BCUT2D eigenvalue weighted by Gasteiger charge is -2.25. The Balaban J connectivity index is 0.00000182. The van der Waals surface area contributed by atoms with Crippen LogP contribution in [0.15, 0.2) is 36.4 Å². The Kier molecular flexibility index (Phi) is 5.40. The van der Waals surface area contributed by atoms with E-state index in [1.54, 1.807) is 12.1 Å². The van der Waals surface area contributed by atoms with E-state index in [9.17, 15) is 9.18 Å². The summed E-state index contributed by atoms with van der Waals surface area (Å²) in [6, 6.07) is 11.0. The van der Waals surface area contributed by atoms with Crippen LogP contribution in [-0.2, 0) is 17.6 Å². The fourth-order valence-corrected chi connectivity index (χ4v) is 3.90. The summed E-state index contributed by atoms with van der Waals surface area (Å²) in [7, 11) is 0. The molecule has 1 amide bonds. The van der Waals surface area contributed by atoms with E-state index in [0.29, 0.717) is 18.8 Å². The van der Waals surface area contributed by atoms with Gasteiger partial charge in [-0.15, -0.1) is 12.4 Å². The second kappa shape index (κ2) is 7.54. The summed E-state index contributed by atoms with van der Waals surface area (Å²) in [5, 5.41) is 6.38. The summed E-state index contributed by atoms with van der Waals surface area (Å²) in [6.45, 7) is 2.05. The zero-order valence-electron chi connectivity index (χ0n) is 14.0. The van der Waals surface area contributed by atoms with Crippen LogP contribution in [0.3, 0.4) is 0 Å². The van der Waals surface area contributed by atoms with Gasteiger partial charge < -0.3 is 10.6 Å². The molecule has 3 nitrogen and oxygen atoms in total. The van der Waals surface area contributed by atoms with E-state index >= 15 is 0 Å². The third-order valence-corrected chi connectivity index (χ3v) is 5.03. The van der Waals surface area contributed by atoms with Crippen LogP contribution in [0.25, 0.3) is 0 Å². The smallest absolute Gasteiger partial charge is 0.228 e. The van der Waals surface area contributed by atoms with Gasteiger partial charge in [-0.25, -0.2) is 4.39 Å². The molecular weight excluding hydrogens is 339 g/mol. The first-order valence-electron chi connectivity index (χ1n) is 8.60. The van der Waals surface area contributed by atoms with E-state index < -0.39 is 0 Å². The maximum Gasteiger partial charge on any atom is 0.228 e. The van der Waals surface area contributed by atoms with Crippen molar-refractivity contribution in [3.63, 3.8) is 0 Å². The first-order valence-corrected chi connectivity index (χ1v) is 8.60. The van der Waals surface area contributed by atoms with Crippen molar-refractivity contribution in [2.75, 3.05) is 18.4 Å². The summed E-state index contributed by atoms with van der Waals surface area (Å²) in [6.07, 6.45) is 3.36. The summed E-state index contributed by atoms with van der Waals surface area (Å²) in [5.74, 6) is 0.365. The second-order valence-electron chi connectivity index (χ2n) is 6.77. The van der Waals surface area contributed by atoms with E-state index in [2.05, 4.69) is 22.8 Å². The van der Waals surface area contributed by atoms with Gasteiger partial charge >= 0.3 is 0 Å². The van der Waals surface area contributed by atoms with Crippen molar-refractivity contribution in [1.29, 1.82) is 0 Å². The molecule has 1 saturated heterocycles. The molecule has 4 rings (SSSR count). The van der Waals surface area contributed by atoms with E-state index in [-0.39, 0.29) is 24.1 Å². The first-order chi connectivity index (χ1) is 11.7. The lowest BCUT2D eigenvalue weighted by Crippen LogP contribution is -2.27. The number of hydrogen-bond donors (Lipinski definition) is 2. The van der Waals surface area contributed by atoms with Crippen molar-refractivity contribution in [3.05, 3.63) is 64.5 Å². The average molecular weight is 361 g/mol. The Hall–Kier alpha value is -1.91. The highest BCUT2D eigenvalue weighted by molar-refractivity contribution is 5.99. The molecule has 2 aromatic rings. The molecule has 0 aliphatic carbocycles. The highest BCUT2D eigenvalue weighted by Gasteiger charge is 2.26. The molecule has 0 aromatic heterocycles. The fraction of sp³-hybridized carbons (Fsp3) is 0.350. The maximum atomic E-state index is 13.4. The number of amides is 1. The minimum Gasteiger partial charge on any atom is -0.326 e. The molecule has 2 aliphatic heterocycles. The van der Waals surface area contributed by atoms with Gasteiger partial charge in [0.05, 0.1) is 6.42 Å². The van der Waals surface area contributed by atoms with Gasteiger partial charge in [0.1, 0.15) is 5.82 Å². The van der Waals surface area contributed by atoms with Gasteiger partial charge in [-0.2, -0.15) is 0 Å². The van der Waals surface area contributed by atoms with Crippen LogP contribution in [0.1, 0.15) is 41.0 Å². The SMILES string of the molecule is Cl.O=C1Cc2c(cc(Cc3cccc(F)c3)cc2C2CCNCC2)N1. The standard InChI is InChI=1S/C20H21FN2O.ClH/c21-16-3-1-2-13(9-16)8-14-10-17(15-4-6-22-7-5-15)18-12-20(24)23-19(18)11-14;/h1-3,9-11,15,22H,4-8,12H2,(H,23,24);1H. The van der Waals surface area contributed by atoms with Crippen LogP contribution in [-0.4, -0.2) is 19.0 Å². The third kappa shape index (κ3) is 3.86. The van der Waals surface area contributed by atoms with Crippen molar-refractivity contribution >= 4 is 24.0 Å². The van der Waals surface area contributed by atoms with E-state index in [1.807, 2.05) is 6.07 Å². The quantitative estimate of drug-likeness (QED) is 0.874. The molecule has 0 saturated carbocycles. The fourth-order valence-electron chi connectivity index (χ4n) is 3.90. The number of hydrogen-bond acceptors (Lipinski definition) is 2. The van der Waals surface area contributed by atoms with E-state index in [0.717, 1.165) is 48.3 Å². The molecule has 2 heterocycles. The molecule has 0 atom stereocenters. The molecule has 0 unspecified atom stereocenters. The monoisotopic (exact) mass is 360 g/mol. The van der Waals surface area contributed by atoms with Gasteiger partial charge in [0.15, 0.2) is 0 Å². The van der Waals surface area contributed by atoms with Crippen molar-refractivity contribution in [3.8, 4) is 0 Å². The van der Waals surface area contributed by atoms with Gasteiger partial charge in [0, 0.05) is 5.69 Å². The van der Waals surface area contributed by atoms with Crippen LogP contribution in [0, 0.1) is 5.82 Å². The van der Waals surface area contributed by atoms with Gasteiger partial charge in [0.2, 0.25) is 5.91 Å². The number of nitrogens with one attached hydrogen (secondary N) is 2. The molecule has 2 N–H and O–H groups in total. The molecule has 0 spiro atoms. The van der Waals surface area contributed by atoms with Crippen molar-refractivity contribution < 1.29 is 9.18 Å². The number of piperidine rings is 1. The number of anilines is 1. The van der Waals surface area contributed by atoms with Crippen LogP contribution < -0.4 is 10.6 Å². The molecule has 2 aliphatic rings. The van der Waals surface area contributed by atoms with Gasteiger partial charge in [-0.05, 0) is 78.7 Å². The number of carbonyl (C=O) groups is 1. The zero-order chi connectivity index (χ0) is 16.5. The summed E-state index contributed by atoms with van der Waals surface area (Å²) >= 11 is 0. The molecule has 5 heteroatoms. The average Bonchev–Trinajstić information content (AvgIpc) is 2.95. The first kappa shape index (κ1) is 17.9. The van der Waals surface area contributed by atoms with Gasteiger partial charge in [0.25, 0.3) is 0 Å². The Morgan fingerprint density at radius 3 is 2.64 bits per heavy atom. The minimum atomic E-state index is -0.208.